The van der Waals surface area contributed by atoms with Gasteiger partial charge in [-0.3, -0.25) is 4.99 Å². The molecule has 0 atom stereocenters. The van der Waals surface area contributed by atoms with Crippen molar-refractivity contribution in [1.82, 2.24) is 0 Å². The molecule has 0 saturated carbocycles. The highest BCUT2D eigenvalue weighted by molar-refractivity contribution is 6.13. The number of rotatable bonds is 3. The maximum atomic E-state index is 13.5. The number of aliphatic hydroxyl groups excluding tert-OH is 1. The molecule has 1 N–H and O–H groups in total. The molecular weight excluding hydrogens is 305 g/mol. The number of aliphatic hydroxyl groups is 1. The van der Waals surface area contributed by atoms with Crippen LogP contribution in [0.1, 0.15) is 16.7 Å². The van der Waals surface area contributed by atoms with Gasteiger partial charge < -0.3 is 5.11 Å². The van der Waals surface area contributed by atoms with E-state index in [0.29, 0.717) is 6.07 Å². The summed E-state index contributed by atoms with van der Waals surface area (Å²) in [6, 6.07) is 6.70. The molecule has 0 amide bonds. The second-order valence-electron chi connectivity index (χ2n) is 4.38. The van der Waals surface area contributed by atoms with Crippen LogP contribution in [0.15, 0.2) is 47.5 Å². The summed E-state index contributed by atoms with van der Waals surface area (Å²) in [4.78, 5) is 3.67. The van der Waals surface area contributed by atoms with Gasteiger partial charge in [-0.1, -0.05) is 0 Å². The van der Waals surface area contributed by atoms with Gasteiger partial charge in [0.05, 0.1) is 11.3 Å². The third kappa shape index (κ3) is 3.67. The maximum Gasteiger partial charge on any atom is 0.416 e. The summed E-state index contributed by atoms with van der Waals surface area (Å²) in [5.41, 5.74) is -1.13. The first kappa shape index (κ1) is 16.1. The van der Waals surface area contributed by atoms with Crippen molar-refractivity contribution in [3.05, 3.63) is 70.8 Å². The Morgan fingerprint density at radius 3 is 2.09 bits per heavy atom. The molecule has 0 aliphatic heterocycles. The maximum absolute atomic E-state index is 13.5. The van der Waals surface area contributed by atoms with Crippen LogP contribution in [-0.2, 0) is 6.18 Å². The van der Waals surface area contributed by atoms with Gasteiger partial charge in [0.25, 0.3) is 0 Å². The zero-order chi connectivity index (χ0) is 16.3. The van der Waals surface area contributed by atoms with Gasteiger partial charge in [0, 0.05) is 11.1 Å². The lowest BCUT2D eigenvalue weighted by Gasteiger charge is -2.11. The third-order valence-corrected chi connectivity index (χ3v) is 2.85. The highest BCUT2D eigenvalue weighted by Crippen LogP contribution is 2.31. The number of nitrogens with zero attached hydrogens (tertiary/aromatic N) is 1. The second-order valence-corrected chi connectivity index (χ2v) is 4.38. The molecule has 2 rings (SSSR count). The molecule has 0 aromatic heterocycles. The lowest BCUT2D eigenvalue weighted by atomic mass is 10.00. The van der Waals surface area contributed by atoms with E-state index in [-0.39, 0.29) is 16.8 Å². The van der Waals surface area contributed by atoms with Gasteiger partial charge in [-0.05, 0) is 42.5 Å². The van der Waals surface area contributed by atoms with Crippen LogP contribution < -0.4 is 0 Å². The highest BCUT2D eigenvalue weighted by Gasteiger charge is 2.31. The first-order valence-electron chi connectivity index (χ1n) is 6.10. The zero-order valence-corrected chi connectivity index (χ0v) is 11.0. The third-order valence-electron chi connectivity index (χ3n) is 2.85. The fourth-order valence-corrected chi connectivity index (χ4v) is 1.92. The summed E-state index contributed by atoms with van der Waals surface area (Å²) in [7, 11) is 0. The summed E-state index contributed by atoms with van der Waals surface area (Å²) in [5, 5.41) is 8.93. The van der Waals surface area contributed by atoms with E-state index in [1.165, 1.54) is 12.1 Å². The Morgan fingerprint density at radius 2 is 1.55 bits per heavy atom. The Balaban J connectivity index is 2.57. The molecular formula is C15H10F5NO. The van der Waals surface area contributed by atoms with Crippen LogP contribution in [0.25, 0.3) is 0 Å². The Kier molecular flexibility index (Phi) is 4.56. The van der Waals surface area contributed by atoms with Gasteiger partial charge in [-0.2, -0.15) is 13.2 Å². The molecule has 0 aliphatic rings. The largest absolute Gasteiger partial charge is 0.416 e. The number of alkyl halides is 3. The second kappa shape index (κ2) is 6.23. The minimum atomic E-state index is -4.72. The lowest BCUT2D eigenvalue weighted by molar-refractivity contribution is -0.137. The molecule has 7 heteroatoms. The highest BCUT2D eigenvalue weighted by atomic mass is 19.4. The number of halogens is 5. The number of hydrogen-bond acceptors (Lipinski definition) is 2. The molecule has 0 unspecified atom stereocenters. The standard InChI is InChI=1S/C15H10F5NO/c16-12-3-1-9(2-4-12)14(21-8-22)10-5-11(15(18,19)20)7-13(17)6-10/h1-7,22H,8H2. The van der Waals surface area contributed by atoms with Crippen LogP contribution in [-0.4, -0.2) is 17.5 Å². The molecule has 0 spiro atoms. The minimum absolute atomic E-state index is 0.0625. The van der Waals surface area contributed by atoms with Gasteiger partial charge in [0.2, 0.25) is 0 Å². The molecule has 0 heterocycles. The van der Waals surface area contributed by atoms with Crippen molar-refractivity contribution in [3.8, 4) is 0 Å². The van der Waals surface area contributed by atoms with E-state index in [9.17, 15) is 22.0 Å². The van der Waals surface area contributed by atoms with Crippen molar-refractivity contribution in [2.24, 2.45) is 4.99 Å². The van der Waals surface area contributed by atoms with E-state index >= 15 is 0 Å². The topological polar surface area (TPSA) is 32.6 Å². The van der Waals surface area contributed by atoms with Gasteiger partial charge in [0.15, 0.2) is 0 Å². The monoisotopic (exact) mass is 315 g/mol. The van der Waals surface area contributed by atoms with Gasteiger partial charge in [-0.15, -0.1) is 0 Å². The van der Waals surface area contributed by atoms with Crippen LogP contribution in [0.4, 0.5) is 22.0 Å². The van der Waals surface area contributed by atoms with E-state index in [4.69, 9.17) is 5.11 Å². The van der Waals surface area contributed by atoms with Crippen molar-refractivity contribution in [1.29, 1.82) is 0 Å². The molecule has 0 fully saturated rings. The summed E-state index contributed by atoms with van der Waals surface area (Å²) in [6.07, 6.45) is -4.72. The van der Waals surface area contributed by atoms with E-state index < -0.39 is 30.1 Å². The molecule has 0 bridgehead atoms. The van der Waals surface area contributed by atoms with Crippen LogP contribution in [0.5, 0.6) is 0 Å². The van der Waals surface area contributed by atoms with Crippen molar-refractivity contribution in [3.63, 3.8) is 0 Å². The van der Waals surface area contributed by atoms with E-state index in [1.807, 2.05) is 0 Å². The van der Waals surface area contributed by atoms with Gasteiger partial charge in [0.1, 0.15) is 18.4 Å². The normalized spacial score (nSPS) is 12.5. The van der Waals surface area contributed by atoms with E-state index in [0.717, 1.165) is 24.3 Å². The van der Waals surface area contributed by atoms with Crippen molar-refractivity contribution >= 4 is 5.71 Å². The Morgan fingerprint density at radius 1 is 0.909 bits per heavy atom. The van der Waals surface area contributed by atoms with Gasteiger partial charge in [-0.25, -0.2) is 8.78 Å². The van der Waals surface area contributed by atoms with Crippen LogP contribution in [0, 0.1) is 11.6 Å². The smallest absolute Gasteiger partial charge is 0.375 e. The molecule has 2 aromatic carbocycles. The fraction of sp³-hybridized carbons (Fsp3) is 0.133. The molecule has 116 valence electrons. The molecule has 22 heavy (non-hydrogen) atoms. The fourth-order valence-electron chi connectivity index (χ4n) is 1.92. The summed E-state index contributed by atoms with van der Waals surface area (Å²) in [6.45, 7) is -0.704. The molecule has 0 aliphatic carbocycles. The average molecular weight is 315 g/mol. The average Bonchev–Trinajstić information content (AvgIpc) is 2.44. The Hall–Kier alpha value is -2.28. The van der Waals surface area contributed by atoms with Crippen LogP contribution in [0.3, 0.4) is 0 Å². The van der Waals surface area contributed by atoms with Crippen LogP contribution in [0.2, 0.25) is 0 Å². The SMILES string of the molecule is OCN=C(c1ccc(F)cc1)c1cc(F)cc(C(F)(F)F)c1. The zero-order valence-electron chi connectivity index (χ0n) is 11.0. The van der Waals surface area contributed by atoms with Crippen LogP contribution >= 0.6 is 0 Å². The number of hydrogen-bond donors (Lipinski definition) is 1. The Labute approximate surface area is 122 Å². The summed E-state index contributed by atoms with van der Waals surface area (Å²) in [5.74, 6) is -1.63. The molecule has 0 saturated heterocycles. The first-order valence-corrected chi connectivity index (χ1v) is 6.10. The van der Waals surface area contributed by atoms with E-state index in [2.05, 4.69) is 4.99 Å². The summed E-state index contributed by atoms with van der Waals surface area (Å²) < 4.78 is 64.6. The quantitative estimate of drug-likeness (QED) is 0.679. The molecule has 2 aromatic rings. The van der Waals surface area contributed by atoms with Crippen molar-refractivity contribution in [2.75, 3.05) is 6.73 Å². The predicted octanol–water partition coefficient (Wildman–Crippen LogP) is 3.77. The number of aliphatic imine (C=N–C) groups is 1. The van der Waals surface area contributed by atoms with Crippen molar-refractivity contribution in [2.45, 2.75) is 6.18 Å². The van der Waals surface area contributed by atoms with Crippen molar-refractivity contribution < 1.29 is 27.1 Å². The molecule has 0 radical (unpaired) electrons. The number of benzene rings is 2. The minimum Gasteiger partial charge on any atom is -0.375 e. The van der Waals surface area contributed by atoms with Gasteiger partial charge >= 0.3 is 6.18 Å². The first-order chi connectivity index (χ1) is 10.3. The lowest BCUT2D eigenvalue weighted by Crippen LogP contribution is -2.10. The summed E-state index contributed by atoms with van der Waals surface area (Å²) >= 11 is 0. The molecule has 2 nitrogen and oxygen atoms in total. The van der Waals surface area contributed by atoms with E-state index in [1.54, 1.807) is 0 Å². The Bertz CT molecular complexity index is 692. The predicted molar refractivity (Wildman–Crippen MR) is 70.5 cm³/mol.